The van der Waals surface area contributed by atoms with E-state index in [1.54, 1.807) is 6.07 Å². The first-order valence-electron chi connectivity index (χ1n) is 6.94. The second-order valence-corrected chi connectivity index (χ2v) is 6.02. The largest absolute Gasteiger partial charge is 0.423 e. The Morgan fingerprint density at radius 2 is 1.79 bits per heavy atom. The molecule has 108 valence electrons. The van der Waals surface area contributed by atoms with E-state index in [1.807, 2.05) is 0 Å². The van der Waals surface area contributed by atoms with E-state index in [0.717, 1.165) is 48.7 Å². The summed E-state index contributed by atoms with van der Waals surface area (Å²) < 4.78 is 31.6. The average Bonchev–Trinajstić information content (AvgIpc) is 2.35. The van der Waals surface area contributed by atoms with E-state index < -0.39 is 11.6 Å². The normalized spacial score (nSPS) is 12.0. The molecule has 0 atom stereocenters. The Kier molecular flexibility index (Phi) is 6.65. The first kappa shape index (κ1) is 16.3. The van der Waals surface area contributed by atoms with Crippen LogP contribution < -0.4 is 0 Å². The monoisotopic (exact) mass is 286 g/mol. The standard InChI is InChI=1S/C15H24F2OSi/c1-15(2,18-19)10-6-4-3-5-7-12-8-9-13(16)11-14(12)17/h8-9,11H,3-7,10H2,1-2,19H3. The van der Waals surface area contributed by atoms with Gasteiger partial charge in [-0.1, -0.05) is 25.3 Å². The molecule has 1 aromatic rings. The van der Waals surface area contributed by atoms with Gasteiger partial charge in [-0.3, -0.25) is 0 Å². The van der Waals surface area contributed by atoms with Crippen molar-refractivity contribution in [2.45, 2.75) is 58.0 Å². The van der Waals surface area contributed by atoms with E-state index in [4.69, 9.17) is 4.43 Å². The first-order chi connectivity index (χ1) is 8.94. The molecule has 0 N–H and O–H groups in total. The van der Waals surface area contributed by atoms with Crippen LogP contribution in [0.3, 0.4) is 0 Å². The van der Waals surface area contributed by atoms with Gasteiger partial charge in [-0.2, -0.15) is 0 Å². The van der Waals surface area contributed by atoms with Crippen molar-refractivity contribution in [3.63, 3.8) is 0 Å². The molecule has 0 saturated carbocycles. The molecule has 1 aromatic carbocycles. The molecule has 0 saturated heterocycles. The molecule has 0 amide bonds. The van der Waals surface area contributed by atoms with Crippen LogP contribution in [0, 0.1) is 11.6 Å². The summed E-state index contributed by atoms with van der Waals surface area (Å²) in [6, 6.07) is 3.83. The van der Waals surface area contributed by atoms with Crippen LogP contribution in [0.15, 0.2) is 18.2 Å². The molecule has 0 aliphatic carbocycles. The average molecular weight is 286 g/mol. The van der Waals surface area contributed by atoms with Gasteiger partial charge in [-0.05, 0) is 44.7 Å². The number of hydrogen-bond donors (Lipinski definition) is 0. The van der Waals surface area contributed by atoms with Gasteiger partial charge in [0, 0.05) is 11.7 Å². The minimum atomic E-state index is -0.508. The number of benzene rings is 1. The lowest BCUT2D eigenvalue weighted by Gasteiger charge is -2.23. The summed E-state index contributed by atoms with van der Waals surface area (Å²) in [5.41, 5.74) is 0.625. The topological polar surface area (TPSA) is 9.23 Å². The molecule has 0 aliphatic rings. The first-order valence-corrected chi connectivity index (χ1v) is 7.75. The molecule has 0 bridgehead atoms. The van der Waals surface area contributed by atoms with Gasteiger partial charge >= 0.3 is 0 Å². The van der Waals surface area contributed by atoms with E-state index in [-0.39, 0.29) is 5.60 Å². The van der Waals surface area contributed by atoms with Gasteiger partial charge in [-0.25, -0.2) is 8.78 Å². The van der Waals surface area contributed by atoms with E-state index in [9.17, 15) is 8.78 Å². The molecule has 0 radical (unpaired) electrons. The Morgan fingerprint density at radius 3 is 2.42 bits per heavy atom. The highest BCUT2D eigenvalue weighted by Crippen LogP contribution is 2.18. The second-order valence-electron chi connectivity index (χ2n) is 5.61. The van der Waals surface area contributed by atoms with Gasteiger partial charge in [-0.15, -0.1) is 0 Å². The van der Waals surface area contributed by atoms with Crippen LogP contribution in [0.5, 0.6) is 0 Å². The van der Waals surface area contributed by atoms with Gasteiger partial charge in [0.15, 0.2) is 0 Å². The van der Waals surface area contributed by atoms with Crippen molar-refractivity contribution in [3.05, 3.63) is 35.4 Å². The SMILES string of the molecule is CC(C)(CCCCCCc1ccc(F)cc1F)O[SiH3]. The smallest absolute Gasteiger partial charge is 0.146 e. The minimum Gasteiger partial charge on any atom is -0.423 e. The van der Waals surface area contributed by atoms with Crippen LogP contribution in [0.2, 0.25) is 0 Å². The van der Waals surface area contributed by atoms with Crippen molar-refractivity contribution in [3.8, 4) is 0 Å². The number of rotatable bonds is 8. The zero-order valence-electron chi connectivity index (χ0n) is 12.1. The predicted octanol–water partition coefficient (Wildman–Crippen LogP) is 3.53. The third-order valence-corrected chi connectivity index (χ3v) is 4.65. The van der Waals surface area contributed by atoms with Gasteiger partial charge in [0.05, 0.1) is 0 Å². The van der Waals surface area contributed by atoms with Gasteiger partial charge in [0.1, 0.15) is 22.1 Å². The highest BCUT2D eigenvalue weighted by atomic mass is 28.2. The Bertz CT molecular complexity index is 394. The van der Waals surface area contributed by atoms with Crippen molar-refractivity contribution in [1.82, 2.24) is 0 Å². The number of hydrogen-bond acceptors (Lipinski definition) is 1. The Hall–Kier alpha value is -0.743. The lowest BCUT2D eigenvalue weighted by Crippen LogP contribution is -2.22. The molecule has 0 aromatic heterocycles. The predicted molar refractivity (Wildman–Crippen MR) is 78.3 cm³/mol. The fraction of sp³-hybridized carbons (Fsp3) is 0.600. The van der Waals surface area contributed by atoms with E-state index in [0.29, 0.717) is 12.0 Å². The molecule has 19 heavy (non-hydrogen) atoms. The molecule has 0 fully saturated rings. The molecule has 1 nitrogen and oxygen atoms in total. The zero-order valence-corrected chi connectivity index (χ0v) is 14.1. The molecule has 4 heteroatoms. The maximum Gasteiger partial charge on any atom is 0.146 e. The maximum atomic E-state index is 13.4. The van der Waals surface area contributed by atoms with Crippen LogP contribution in [-0.2, 0) is 10.8 Å². The molecular weight excluding hydrogens is 262 g/mol. The van der Waals surface area contributed by atoms with Crippen LogP contribution in [-0.4, -0.2) is 16.1 Å². The molecular formula is C15H24F2OSi. The van der Waals surface area contributed by atoms with Crippen LogP contribution in [0.1, 0.15) is 51.5 Å². The summed E-state index contributed by atoms with van der Waals surface area (Å²) >= 11 is 0. The number of halogens is 2. The summed E-state index contributed by atoms with van der Waals surface area (Å²) in [6.07, 6.45) is 6.06. The van der Waals surface area contributed by atoms with E-state index in [1.165, 1.54) is 6.07 Å². The number of unbranched alkanes of at least 4 members (excludes halogenated alkanes) is 3. The highest BCUT2D eigenvalue weighted by Gasteiger charge is 2.14. The summed E-state index contributed by atoms with van der Waals surface area (Å²) in [5.74, 6) is -0.933. The lowest BCUT2D eigenvalue weighted by atomic mass is 9.99. The minimum absolute atomic E-state index is 0.00921. The molecule has 1 rings (SSSR count). The quantitative estimate of drug-likeness (QED) is 0.525. The summed E-state index contributed by atoms with van der Waals surface area (Å²) in [6.45, 7) is 4.24. The summed E-state index contributed by atoms with van der Waals surface area (Å²) in [4.78, 5) is 0. The Balaban J connectivity index is 2.17. The van der Waals surface area contributed by atoms with Gasteiger partial charge in [0.2, 0.25) is 0 Å². The van der Waals surface area contributed by atoms with Crippen molar-refractivity contribution < 1.29 is 13.2 Å². The maximum absolute atomic E-state index is 13.4. The lowest BCUT2D eigenvalue weighted by molar-refractivity contribution is 0.109. The zero-order chi connectivity index (χ0) is 14.3. The van der Waals surface area contributed by atoms with Crippen LogP contribution in [0.4, 0.5) is 8.78 Å². The van der Waals surface area contributed by atoms with Gasteiger partial charge in [0.25, 0.3) is 0 Å². The molecule has 0 heterocycles. The number of aryl methyl sites for hydroxylation is 1. The summed E-state index contributed by atoms with van der Waals surface area (Å²) in [5, 5.41) is 0. The second kappa shape index (κ2) is 7.75. The van der Waals surface area contributed by atoms with E-state index in [2.05, 4.69) is 13.8 Å². The highest BCUT2D eigenvalue weighted by molar-refractivity contribution is 5.98. The molecule has 0 aliphatic heterocycles. The summed E-state index contributed by atoms with van der Waals surface area (Å²) in [7, 11) is 0.776. The fourth-order valence-electron chi connectivity index (χ4n) is 2.05. The third-order valence-electron chi connectivity index (χ3n) is 3.54. The van der Waals surface area contributed by atoms with E-state index >= 15 is 0 Å². The van der Waals surface area contributed by atoms with Crippen molar-refractivity contribution in [1.29, 1.82) is 0 Å². The van der Waals surface area contributed by atoms with Crippen LogP contribution >= 0.6 is 0 Å². The van der Waals surface area contributed by atoms with Crippen LogP contribution in [0.25, 0.3) is 0 Å². The molecule has 0 unspecified atom stereocenters. The van der Waals surface area contributed by atoms with Gasteiger partial charge < -0.3 is 4.43 Å². The Labute approximate surface area is 117 Å². The third kappa shape index (κ3) is 6.30. The van der Waals surface area contributed by atoms with Crippen molar-refractivity contribution >= 4 is 10.5 Å². The van der Waals surface area contributed by atoms with Crippen molar-refractivity contribution in [2.24, 2.45) is 0 Å². The fourth-order valence-corrected chi connectivity index (χ4v) is 2.25. The Morgan fingerprint density at radius 1 is 1.11 bits per heavy atom. The van der Waals surface area contributed by atoms with Crippen molar-refractivity contribution in [2.75, 3.05) is 0 Å². The molecule has 0 spiro atoms.